The Balaban J connectivity index is 2.04. The van der Waals surface area contributed by atoms with Crippen molar-refractivity contribution in [3.8, 4) is 5.75 Å². The number of hydrogen-bond donors (Lipinski definition) is 1. The second kappa shape index (κ2) is 6.96. The molecule has 1 saturated carbocycles. The first-order chi connectivity index (χ1) is 11.8. The first-order valence-corrected chi connectivity index (χ1v) is 9.79. The number of ether oxygens (including phenoxy) is 1. The highest BCUT2D eigenvalue weighted by Gasteiger charge is 2.50. The number of anilines is 1. The van der Waals surface area contributed by atoms with Gasteiger partial charge in [0.05, 0.1) is 12.1 Å². The van der Waals surface area contributed by atoms with Crippen molar-refractivity contribution in [2.75, 3.05) is 18.6 Å². The number of fused-ring (bicyclic) bond motifs is 1. The topological polar surface area (TPSA) is 24.5 Å². The summed E-state index contributed by atoms with van der Waals surface area (Å²) in [7, 11) is 1.45. The number of halogens is 2. The summed E-state index contributed by atoms with van der Waals surface area (Å²) in [5.41, 5.74) is 0.925. The Hall–Kier alpha value is -1.00. The van der Waals surface area contributed by atoms with Crippen LogP contribution >= 0.6 is 11.6 Å². The lowest BCUT2D eigenvalue weighted by molar-refractivity contribution is 0.0942. The van der Waals surface area contributed by atoms with Gasteiger partial charge in [0.1, 0.15) is 0 Å². The third-order valence-corrected chi connectivity index (χ3v) is 6.01. The number of methoxy groups -OCH3 is 1. The van der Waals surface area contributed by atoms with Crippen molar-refractivity contribution in [3.63, 3.8) is 0 Å². The van der Waals surface area contributed by atoms with Crippen molar-refractivity contribution in [2.24, 2.45) is 0 Å². The van der Waals surface area contributed by atoms with E-state index in [4.69, 9.17) is 16.3 Å². The van der Waals surface area contributed by atoms with Crippen LogP contribution in [0.5, 0.6) is 5.75 Å². The Morgan fingerprint density at radius 3 is 2.76 bits per heavy atom. The van der Waals surface area contributed by atoms with Crippen molar-refractivity contribution in [1.29, 1.82) is 0 Å². The van der Waals surface area contributed by atoms with E-state index in [1.54, 1.807) is 6.07 Å². The largest absolute Gasteiger partial charge is 0.492 e. The third-order valence-electron chi connectivity index (χ3n) is 5.73. The zero-order valence-corrected chi connectivity index (χ0v) is 16.5. The molecule has 1 aromatic rings. The van der Waals surface area contributed by atoms with E-state index in [2.05, 4.69) is 31.0 Å². The van der Waals surface area contributed by atoms with Crippen LogP contribution in [0.4, 0.5) is 10.1 Å². The monoisotopic (exact) mass is 368 g/mol. The van der Waals surface area contributed by atoms with Gasteiger partial charge in [-0.25, -0.2) is 4.39 Å². The Labute approximate surface area is 155 Å². The molecule has 3 nitrogen and oxygen atoms in total. The average molecular weight is 369 g/mol. The summed E-state index contributed by atoms with van der Waals surface area (Å²) in [6.45, 7) is 7.57. The van der Waals surface area contributed by atoms with Gasteiger partial charge >= 0.3 is 0 Å². The zero-order valence-electron chi connectivity index (χ0n) is 15.8. The van der Waals surface area contributed by atoms with Crippen molar-refractivity contribution >= 4 is 17.3 Å². The van der Waals surface area contributed by atoms with E-state index in [-0.39, 0.29) is 16.8 Å². The van der Waals surface area contributed by atoms with Crippen molar-refractivity contribution in [3.05, 3.63) is 23.0 Å². The van der Waals surface area contributed by atoms with Crippen molar-refractivity contribution in [1.82, 2.24) is 5.32 Å². The normalized spacial score (nSPS) is 28.6. The summed E-state index contributed by atoms with van der Waals surface area (Å²) in [6.07, 6.45) is 7.08. The van der Waals surface area contributed by atoms with Gasteiger partial charge in [-0.15, -0.1) is 0 Å². The number of piperazine rings is 1. The number of benzene rings is 1. The molecule has 140 valence electrons. The molecule has 1 N–H and O–H groups in total. The van der Waals surface area contributed by atoms with Gasteiger partial charge in [-0.05, 0) is 39.2 Å². The van der Waals surface area contributed by atoms with Gasteiger partial charge in [-0.3, -0.25) is 0 Å². The van der Waals surface area contributed by atoms with Crippen LogP contribution in [0.3, 0.4) is 0 Å². The first-order valence-electron chi connectivity index (χ1n) is 9.41. The fourth-order valence-corrected chi connectivity index (χ4v) is 5.33. The zero-order chi connectivity index (χ0) is 18.2. The molecule has 0 aromatic heterocycles. The summed E-state index contributed by atoms with van der Waals surface area (Å²) < 4.78 is 19.6. The van der Waals surface area contributed by atoms with Crippen molar-refractivity contribution < 1.29 is 9.13 Å². The lowest BCUT2D eigenvalue weighted by Crippen LogP contribution is -2.74. The molecule has 2 fully saturated rings. The van der Waals surface area contributed by atoms with Gasteiger partial charge in [0.15, 0.2) is 11.6 Å². The van der Waals surface area contributed by atoms with Crippen LogP contribution in [-0.4, -0.2) is 30.8 Å². The van der Waals surface area contributed by atoms with E-state index in [0.29, 0.717) is 11.1 Å². The van der Waals surface area contributed by atoms with Gasteiger partial charge in [-0.1, -0.05) is 37.8 Å². The number of nitrogens with one attached hydrogen (secondary N) is 1. The predicted octanol–water partition coefficient (Wildman–Crippen LogP) is 5.16. The van der Waals surface area contributed by atoms with Crippen LogP contribution in [0.2, 0.25) is 5.02 Å². The third kappa shape index (κ3) is 3.48. The Morgan fingerprint density at radius 2 is 2.12 bits per heavy atom. The standard InChI is InChI=1S/C20H30ClFN2O/c1-5-9-20-10-7-6-8-17(20)24(13-19(2,3)23-20)14-11-15(21)18(25-4)16(22)12-14/h11-12,17,23H,5-10,13H2,1-4H3. The van der Waals surface area contributed by atoms with E-state index >= 15 is 0 Å². The predicted molar refractivity (Wildman–Crippen MR) is 102 cm³/mol. The molecule has 1 aliphatic heterocycles. The summed E-state index contributed by atoms with van der Waals surface area (Å²) >= 11 is 6.29. The summed E-state index contributed by atoms with van der Waals surface area (Å²) in [4.78, 5) is 2.39. The number of nitrogens with zero attached hydrogens (tertiary/aromatic N) is 1. The van der Waals surface area contributed by atoms with E-state index in [0.717, 1.165) is 31.5 Å². The molecule has 5 heteroatoms. The highest BCUT2D eigenvalue weighted by Crippen LogP contribution is 2.44. The van der Waals surface area contributed by atoms with E-state index < -0.39 is 5.82 Å². The van der Waals surface area contributed by atoms with Crippen LogP contribution in [-0.2, 0) is 0 Å². The van der Waals surface area contributed by atoms with E-state index in [9.17, 15) is 4.39 Å². The van der Waals surface area contributed by atoms with E-state index in [1.807, 2.05) is 6.07 Å². The summed E-state index contributed by atoms with van der Waals surface area (Å²) in [5, 5.41) is 4.31. The Bertz CT molecular complexity index is 609. The maximum atomic E-state index is 14.5. The molecule has 1 saturated heterocycles. The fraction of sp³-hybridized carbons (Fsp3) is 0.700. The Kier molecular flexibility index (Phi) is 5.23. The first kappa shape index (κ1) is 18.8. The molecule has 2 atom stereocenters. The fourth-order valence-electron chi connectivity index (χ4n) is 5.05. The molecule has 1 aliphatic carbocycles. The van der Waals surface area contributed by atoms with Gasteiger partial charge < -0.3 is 15.0 Å². The van der Waals surface area contributed by atoms with Gasteiger partial charge in [0, 0.05) is 35.4 Å². The molecule has 0 spiro atoms. The molecule has 0 radical (unpaired) electrons. The minimum absolute atomic E-state index is 0.0358. The summed E-state index contributed by atoms with van der Waals surface area (Å²) in [6, 6.07) is 3.81. The van der Waals surface area contributed by atoms with Gasteiger partial charge in [0.2, 0.25) is 0 Å². The van der Waals surface area contributed by atoms with Gasteiger partial charge in [0.25, 0.3) is 0 Å². The molecule has 1 heterocycles. The van der Waals surface area contributed by atoms with Crippen LogP contribution in [0.15, 0.2) is 12.1 Å². The van der Waals surface area contributed by atoms with Crippen LogP contribution < -0.4 is 15.0 Å². The molecule has 2 aliphatic rings. The van der Waals surface area contributed by atoms with Crippen LogP contribution in [0, 0.1) is 5.82 Å². The summed E-state index contributed by atoms with van der Waals surface area (Å²) in [5.74, 6) is -0.262. The highest BCUT2D eigenvalue weighted by atomic mass is 35.5. The minimum atomic E-state index is -0.391. The molecular formula is C20H30ClFN2O. The molecule has 0 bridgehead atoms. The maximum absolute atomic E-state index is 14.5. The smallest absolute Gasteiger partial charge is 0.173 e. The molecular weight excluding hydrogens is 339 g/mol. The molecule has 1 aromatic carbocycles. The van der Waals surface area contributed by atoms with Crippen molar-refractivity contribution in [2.45, 2.75) is 76.4 Å². The SMILES string of the molecule is CCCC12CCCCC1N(c1cc(F)c(OC)c(Cl)c1)CC(C)(C)N2. The maximum Gasteiger partial charge on any atom is 0.173 e. The number of hydrogen-bond acceptors (Lipinski definition) is 3. The molecule has 3 rings (SSSR count). The molecule has 25 heavy (non-hydrogen) atoms. The van der Waals surface area contributed by atoms with E-state index in [1.165, 1.54) is 26.4 Å². The van der Waals surface area contributed by atoms with Crippen LogP contribution in [0.1, 0.15) is 59.3 Å². The second-order valence-electron chi connectivity index (χ2n) is 8.25. The average Bonchev–Trinajstić information content (AvgIpc) is 2.52. The molecule has 2 unspecified atom stereocenters. The van der Waals surface area contributed by atoms with Crippen LogP contribution in [0.25, 0.3) is 0 Å². The Morgan fingerprint density at radius 1 is 1.36 bits per heavy atom. The quantitative estimate of drug-likeness (QED) is 0.794. The molecule has 0 amide bonds. The van der Waals surface area contributed by atoms with Gasteiger partial charge in [-0.2, -0.15) is 0 Å². The minimum Gasteiger partial charge on any atom is -0.492 e. The second-order valence-corrected chi connectivity index (χ2v) is 8.65. The number of rotatable bonds is 4. The lowest BCUT2D eigenvalue weighted by Gasteiger charge is -2.59. The highest BCUT2D eigenvalue weighted by molar-refractivity contribution is 6.32. The lowest BCUT2D eigenvalue weighted by atomic mass is 9.70.